The summed E-state index contributed by atoms with van der Waals surface area (Å²) in [6, 6.07) is 0.571. The highest BCUT2D eigenvalue weighted by Gasteiger charge is 2.28. The highest BCUT2D eigenvalue weighted by molar-refractivity contribution is 5.06. The maximum atomic E-state index is 4.61. The van der Waals surface area contributed by atoms with Crippen molar-refractivity contribution in [3.05, 3.63) is 11.6 Å². The van der Waals surface area contributed by atoms with Crippen LogP contribution < -0.4 is 5.32 Å². The molecule has 1 aliphatic carbocycles. The van der Waals surface area contributed by atoms with Gasteiger partial charge in [-0.1, -0.05) is 13.8 Å². The van der Waals surface area contributed by atoms with E-state index in [9.17, 15) is 0 Å². The summed E-state index contributed by atoms with van der Waals surface area (Å²) >= 11 is 0. The molecule has 1 aromatic rings. The van der Waals surface area contributed by atoms with Crippen molar-refractivity contribution in [1.29, 1.82) is 0 Å². The first-order chi connectivity index (χ1) is 7.66. The van der Waals surface area contributed by atoms with Crippen LogP contribution in [0.3, 0.4) is 0 Å². The third kappa shape index (κ3) is 3.04. The molecular weight excluding hydrogens is 200 g/mol. The van der Waals surface area contributed by atoms with E-state index in [1.807, 2.05) is 11.7 Å². The van der Waals surface area contributed by atoms with Gasteiger partial charge in [-0.2, -0.15) is 5.10 Å². The van der Waals surface area contributed by atoms with E-state index in [1.165, 1.54) is 12.8 Å². The molecule has 0 amide bonds. The van der Waals surface area contributed by atoms with Crippen molar-refractivity contribution < 1.29 is 0 Å². The summed E-state index contributed by atoms with van der Waals surface area (Å²) in [5.41, 5.74) is 0. The van der Waals surface area contributed by atoms with Crippen LogP contribution >= 0.6 is 0 Å². The van der Waals surface area contributed by atoms with Gasteiger partial charge in [0.2, 0.25) is 0 Å². The number of rotatable bonds is 6. The normalized spacial score (nSPS) is 16.0. The lowest BCUT2D eigenvalue weighted by Crippen LogP contribution is -2.24. The Kier molecular flexibility index (Phi) is 3.59. The molecule has 0 saturated heterocycles. The van der Waals surface area contributed by atoms with Crippen LogP contribution in [-0.4, -0.2) is 27.4 Å². The molecule has 0 unspecified atom stereocenters. The molecule has 2 rings (SSSR count). The first-order valence-electron chi connectivity index (χ1n) is 6.30. The number of aromatic nitrogens is 3. The zero-order chi connectivity index (χ0) is 11.5. The average molecular weight is 222 g/mol. The molecule has 1 aromatic heterocycles. The van der Waals surface area contributed by atoms with E-state index in [1.54, 1.807) is 0 Å². The van der Waals surface area contributed by atoms with Gasteiger partial charge >= 0.3 is 0 Å². The Morgan fingerprint density at radius 1 is 1.44 bits per heavy atom. The molecule has 0 atom stereocenters. The fourth-order valence-electron chi connectivity index (χ4n) is 1.81. The van der Waals surface area contributed by atoms with Gasteiger partial charge in [0, 0.05) is 25.4 Å². The molecule has 90 valence electrons. The highest BCUT2D eigenvalue weighted by atomic mass is 15.3. The second kappa shape index (κ2) is 4.95. The van der Waals surface area contributed by atoms with E-state index in [0.717, 1.165) is 31.0 Å². The minimum absolute atomic E-state index is 0.571. The van der Waals surface area contributed by atoms with E-state index >= 15 is 0 Å². The third-order valence-corrected chi connectivity index (χ3v) is 2.94. The topological polar surface area (TPSA) is 42.7 Å². The van der Waals surface area contributed by atoms with E-state index in [-0.39, 0.29) is 0 Å². The standard InChI is InChI=1S/C12H22N4/c1-9(2)13-8-4-5-11-14-12(10-6-7-10)15-16(11)3/h9-10,13H,4-8H2,1-3H3. The van der Waals surface area contributed by atoms with E-state index in [4.69, 9.17) is 0 Å². The second-order valence-corrected chi connectivity index (χ2v) is 5.00. The SMILES string of the molecule is CC(C)NCCCc1nc(C2CC2)nn1C. The maximum Gasteiger partial charge on any atom is 0.154 e. The number of nitrogens with zero attached hydrogens (tertiary/aromatic N) is 3. The molecular formula is C12H22N4. The Morgan fingerprint density at radius 2 is 2.19 bits per heavy atom. The quantitative estimate of drug-likeness (QED) is 0.744. The first kappa shape index (κ1) is 11.6. The fourth-order valence-corrected chi connectivity index (χ4v) is 1.81. The molecule has 0 aromatic carbocycles. The van der Waals surface area contributed by atoms with Crippen LogP contribution in [-0.2, 0) is 13.5 Å². The lowest BCUT2D eigenvalue weighted by molar-refractivity contribution is 0.558. The van der Waals surface area contributed by atoms with Crippen molar-refractivity contribution >= 4 is 0 Å². The summed E-state index contributed by atoms with van der Waals surface area (Å²) < 4.78 is 1.95. The average Bonchev–Trinajstić information content (AvgIpc) is 2.99. The molecule has 16 heavy (non-hydrogen) atoms. The summed E-state index contributed by atoms with van der Waals surface area (Å²) in [6.07, 6.45) is 4.71. The molecule has 0 aliphatic heterocycles. The smallest absolute Gasteiger partial charge is 0.154 e. The van der Waals surface area contributed by atoms with Gasteiger partial charge in [0.1, 0.15) is 5.82 Å². The van der Waals surface area contributed by atoms with Crippen molar-refractivity contribution in [3.8, 4) is 0 Å². The molecule has 4 heteroatoms. The molecule has 0 bridgehead atoms. The lowest BCUT2D eigenvalue weighted by atomic mass is 10.2. The zero-order valence-corrected chi connectivity index (χ0v) is 10.5. The molecule has 4 nitrogen and oxygen atoms in total. The van der Waals surface area contributed by atoms with Gasteiger partial charge in [-0.3, -0.25) is 4.68 Å². The lowest BCUT2D eigenvalue weighted by Gasteiger charge is -2.06. The van der Waals surface area contributed by atoms with Crippen molar-refractivity contribution in [2.75, 3.05) is 6.54 Å². The second-order valence-electron chi connectivity index (χ2n) is 5.00. The molecule has 0 radical (unpaired) electrons. The van der Waals surface area contributed by atoms with Crippen LogP contribution in [0.25, 0.3) is 0 Å². The van der Waals surface area contributed by atoms with Gasteiger partial charge in [0.25, 0.3) is 0 Å². The van der Waals surface area contributed by atoms with Gasteiger partial charge in [-0.15, -0.1) is 0 Å². The van der Waals surface area contributed by atoms with E-state index in [2.05, 4.69) is 29.2 Å². The number of nitrogens with one attached hydrogen (secondary N) is 1. The van der Waals surface area contributed by atoms with Crippen molar-refractivity contribution in [1.82, 2.24) is 20.1 Å². The van der Waals surface area contributed by atoms with Gasteiger partial charge in [0.15, 0.2) is 5.82 Å². The highest BCUT2D eigenvalue weighted by Crippen LogP contribution is 2.37. The Balaban J connectivity index is 1.79. The fraction of sp³-hybridized carbons (Fsp3) is 0.833. The van der Waals surface area contributed by atoms with Crippen molar-refractivity contribution in [2.24, 2.45) is 7.05 Å². The van der Waals surface area contributed by atoms with Crippen LogP contribution in [0.4, 0.5) is 0 Å². The van der Waals surface area contributed by atoms with Crippen LogP contribution in [0.15, 0.2) is 0 Å². The first-order valence-corrected chi connectivity index (χ1v) is 6.30. The van der Waals surface area contributed by atoms with Crippen molar-refractivity contribution in [3.63, 3.8) is 0 Å². The van der Waals surface area contributed by atoms with E-state index in [0.29, 0.717) is 12.0 Å². The minimum Gasteiger partial charge on any atom is -0.315 e. The minimum atomic E-state index is 0.571. The zero-order valence-electron chi connectivity index (χ0n) is 10.5. The summed E-state index contributed by atoms with van der Waals surface area (Å²) in [4.78, 5) is 4.61. The molecule has 1 heterocycles. The molecule has 1 saturated carbocycles. The van der Waals surface area contributed by atoms with Gasteiger partial charge < -0.3 is 5.32 Å². The van der Waals surface area contributed by atoms with Gasteiger partial charge in [-0.25, -0.2) is 4.98 Å². The molecule has 1 aliphatic rings. The van der Waals surface area contributed by atoms with Crippen LogP contribution in [0.1, 0.15) is 50.7 Å². The molecule has 1 N–H and O–H groups in total. The van der Waals surface area contributed by atoms with Gasteiger partial charge in [0.05, 0.1) is 0 Å². The Morgan fingerprint density at radius 3 is 2.81 bits per heavy atom. The van der Waals surface area contributed by atoms with Crippen LogP contribution in [0, 0.1) is 0 Å². The van der Waals surface area contributed by atoms with Crippen molar-refractivity contribution in [2.45, 2.75) is 51.5 Å². The predicted molar refractivity (Wildman–Crippen MR) is 64.4 cm³/mol. The summed E-state index contributed by atoms with van der Waals surface area (Å²) in [5.74, 6) is 2.86. The largest absolute Gasteiger partial charge is 0.315 e. The Labute approximate surface area is 97.5 Å². The van der Waals surface area contributed by atoms with Crippen LogP contribution in [0.5, 0.6) is 0 Å². The Hall–Kier alpha value is -0.900. The van der Waals surface area contributed by atoms with E-state index < -0.39 is 0 Å². The van der Waals surface area contributed by atoms with Crippen LogP contribution in [0.2, 0.25) is 0 Å². The summed E-state index contributed by atoms with van der Waals surface area (Å²) in [5, 5.41) is 7.89. The molecule has 1 fully saturated rings. The summed E-state index contributed by atoms with van der Waals surface area (Å²) in [6.45, 7) is 5.41. The monoisotopic (exact) mass is 222 g/mol. The third-order valence-electron chi connectivity index (χ3n) is 2.94. The predicted octanol–water partition coefficient (Wildman–Crippen LogP) is 1.62. The van der Waals surface area contributed by atoms with Gasteiger partial charge in [-0.05, 0) is 25.8 Å². The summed E-state index contributed by atoms with van der Waals surface area (Å²) in [7, 11) is 2.00. The maximum absolute atomic E-state index is 4.61. The number of hydrogen-bond acceptors (Lipinski definition) is 3. The number of aryl methyl sites for hydroxylation is 2. The molecule has 0 spiro atoms. The Bertz CT molecular complexity index is 339. The number of hydrogen-bond donors (Lipinski definition) is 1.